The van der Waals surface area contributed by atoms with E-state index in [-0.39, 0.29) is 36.2 Å². The Morgan fingerprint density at radius 2 is 1.38 bits per heavy atom. The van der Waals surface area contributed by atoms with E-state index in [0.29, 0.717) is 25.0 Å². The van der Waals surface area contributed by atoms with Gasteiger partial charge in [0.25, 0.3) is 5.60 Å². The molecule has 0 saturated carbocycles. The number of hydrogen-bond donors (Lipinski definition) is 1. The molecule has 1 N–H and O–H groups in total. The van der Waals surface area contributed by atoms with E-state index < -0.39 is 41.2 Å². The number of fused-ring (bicyclic) bond motifs is 1. The third-order valence-corrected chi connectivity index (χ3v) is 5.62. The summed E-state index contributed by atoms with van der Waals surface area (Å²) in [5, 5.41) is 9.67. The van der Waals surface area contributed by atoms with Gasteiger partial charge in [-0.3, -0.25) is 4.79 Å². The average Bonchev–Trinajstić information content (AvgIpc) is 2.93. The second kappa shape index (κ2) is 8.79. The number of benzene rings is 2. The maximum Gasteiger partial charge on any atom is 0.430 e. The van der Waals surface area contributed by atoms with Crippen LogP contribution < -0.4 is 4.90 Å². The molecule has 0 fully saturated rings. The standard InChI is InChI=1S/C22H18F9NO2/c23-20(24,25)15-6-4-13(5-7-15)11-18(33)32-10-2-1-3-14-12-16(8-9-17(14)32)19(34,21(26,27)28)22(29,30)31/h4-9,12,34H,1-3,10-11H2. The molecular formula is C22H18F9NO2. The summed E-state index contributed by atoms with van der Waals surface area (Å²) in [7, 11) is 0. The van der Waals surface area contributed by atoms with Crippen LogP contribution in [-0.2, 0) is 29.4 Å². The van der Waals surface area contributed by atoms with Crippen molar-refractivity contribution < 1.29 is 49.4 Å². The first kappa shape index (κ1) is 25.9. The lowest BCUT2D eigenvalue weighted by Crippen LogP contribution is -2.54. The van der Waals surface area contributed by atoms with Gasteiger partial charge in [0.2, 0.25) is 5.91 Å². The highest BCUT2D eigenvalue weighted by Gasteiger charge is 2.71. The summed E-state index contributed by atoms with van der Waals surface area (Å²) >= 11 is 0. The maximum absolute atomic E-state index is 13.2. The largest absolute Gasteiger partial charge is 0.430 e. The second-order valence-electron chi connectivity index (χ2n) is 7.92. The Labute approximate surface area is 187 Å². The lowest BCUT2D eigenvalue weighted by Gasteiger charge is -2.33. The van der Waals surface area contributed by atoms with Crippen molar-refractivity contribution in [2.45, 2.75) is 49.8 Å². The van der Waals surface area contributed by atoms with Gasteiger partial charge in [-0.05, 0) is 48.6 Å². The van der Waals surface area contributed by atoms with E-state index in [1.54, 1.807) is 0 Å². The molecule has 2 aromatic carbocycles. The van der Waals surface area contributed by atoms with Crippen molar-refractivity contribution in [2.75, 3.05) is 11.4 Å². The van der Waals surface area contributed by atoms with E-state index in [1.807, 2.05) is 0 Å². The van der Waals surface area contributed by atoms with Crippen molar-refractivity contribution in [3.63, 3.8) is 0 Å². The summed E-state index contributed by atoms with van der Waals surface area (Å²) in [6.45, 7) is 0.120. The number of amides is 1. The molecule has 34 heavy (non-hydrogen) atoms. The lowest BCUT2D eigenvalue weighted by atomic mass is 9.89. The molecule has 0 bridgehead atoms. The van der Waals surface area contributed by atoms with Crippen LogP contribution in [-0.4, -0.2) is 29.9 Å². The highest BCUT2D eigenvalue weighted by molar-refractivity contribution is 5.95. The van der Waals surface area contributed by atoms with Crippen LogP contribution in [0.3, 0.4) is 0 Å². The molecule has 0 spiro atoms. The van der Waals surface area contributed by atoms with E-state index in [4.69, 9.17) is 0 Å². The Bertz CT molecular complexity index is 1030. The number of nitrogens with zero attached hydrogens (tertiary/aromatic N) is 1. The summed E-state index contributed by atoms with van der Waals surface area (Å²) in [6.07, 6.45) is -16.1. The van der Waals surface area contributed by atoms with Gasteiger partial charge >= 0.3 is 18.5 Å². The van der Waals surface area contributed by atoms with Crippen LogP contribution >= 0.6 is 0 Å². The fourth-order valence-corrected chi connectivity index (χ4v) is 3.81. The summed E-state index contributed by atoms with van der Waals surface area (Å²) < 4.78 is 118. The number of rotatable bonds is 3. The molecule has 3 rings (SSSR count). The van der Waals surface area contributed by atoms with Crippen LogP contribution in [0, 0.1) is 0 Å². The first-order chi connectivity index (χ1) is 15.6. The van der Waals surface area contributed by atoms with Gasteiger partial charge in [-0.2, -0.15) is 39.5 Å². The van der Waals surface area contributed by atoms with E-state index in [1.165, 1.54) is 4.90 Å². The molecule has 0 radical (unpaired) electrons. The van der Waals surface area contributed by atoms with Crippen LogP contribution in [0.1, 0.15) is 35.1 Å². The highest BCUT2D eigenvalue weighted by Crippen LogP contribution is 2.50. The van der Waals surface area contributed by atoms with Gasteiger partial charge in [0, 0.05) is 17.8 Å². The number of halogens is 9. The van der Waals surface area contributed by atoms with Crippen molar-refractivity contribution in [3.8, 4) is 0 Å². The Morgan fingerprint density at radius 1 is 0.824 bits per heavy atom. The van der Waals surface area contributed by atoms with Gasteiger partial charge in [0.1, 0.15) is 0 Å². The number of carbonyl (C=O) groups excluding carboxylic acids is 1. The van der Waals surface area contributed by atoms with Crippen molar-refractivity contribution in [2.24, 2.45) is 0 Å². The van der Waals surface area contributed by atoms with Crippen LogP contribution in [0.2, 0.25) is 0 Å². The molecule has 0 aromatic heterocycles. The van der Waals surface area contributed by atoms with Crippen LogP contribution in [0.4, 0.5) is 45.2 Å². The molecule has 0 atom stereocenters. The zero-order valence-electron chi connectivity index (χ0n) is 17.3. The lowest BCUT2D eigenvalue weighted by molar-refractivity contribution is -0.376. The van der Waals surface area contributed by atoms with Crippen molar-refractivity contribution in [1.29, 1.82) is 0 Å². The number of aryl methyl sites for hydroxylation is 1. The van der Waals surface area contributed by atoms with E-state index in [2.05, 4.69) is 0 Å². The van der Waals surface area contributed by atoms with Crippen LogP contribution in [0.5, 0.6) is 0 Å². The zero-order chi connectivity index (χ0) is 25.5. The molecule has 0 unspecified atom stereocenters. The summed E-state index contributed by atoms with van der Waals surface area (Å²) in [5.74, 6) is -0.586. The molecule has 186 valence electrons. The van der Waals surface area contributed by atoms with Gasteiger partial charge < -0.3 is 10.0 Å². The molecule has 0 aliphatic carbocycles. The first-order valence-corrected chi connectivity index (χ1v) is 10.0. The highest BCUT2D eigenvalue weighted by atomic mass is 19.4. The number of hydrogen-bond acceptors (Lipinski definition) is 2. The minimum Gasteiger partial charge on any atom is -0.369 e. The number of carbonyl (C=O) groups is 1. The third kappa shape index (κ3) is 4.86. The molecule has 1 amide bonds. The number of anilines is 1. The average molecular weight is 499 g/mol. The minimum atomic E-state index is -6.04. The van der Waals surface area contributed by atoms with Crippen LogP contribution in [0.15, 0.2) is 42.5 Å². The zero-order valence-corrected chi connectivity index (χ0v) is 17.3. The molecule has 0 saturated heterocycles. The predicted molar refractivity (Wildman–Crippen MR) is 103 cm³/mol. The Balaban J connectivity index is 1.93. The van der Waals surface area contributed by atoms with E-state index in [0.717, 1.165) is 30.3 Å². The summed E-state index contributed by atoms with van der Waals surface area (Å²) in [4.78, 5) is 14.0. The fourth-order valence-electron chi connectivity index (χ4n) is 3.81. The SMILES string of the molecule is O=C(Cc1ccc(C(F)(F)F)cc1)N1CCCCc2cc(C(O)(C(F)(F)F)C(F)(F)F)ccc21. The molecule has 1 heterocycles. The monoisotopic (exact) mass is 499 g/mol. The molecule has 1 aliphatic rings. The molecule has 1 aliphatic heterocycles. The Hall–Kier alpha value is -2.76. The molecule has 2 aromatic rings. The third-order valence-electron chi connectivity index (χ3n) is 5.62. The Morgan fingerprint density at radius 3 is 1.91 bits per heavy atom. The van der Waals surface area contributed by atoms with E-state index in [9.17, 15) is 49.4 Å². The predicted octanol–water partition coefficient (Wildman–Crippen LogP) is 5.93. The van der Waals surface area contributed by atoms with Gasteiger partial charge in [0.15, 0.2) is 0 Å². The Kier molecular flexibility index (Phi) is 6.68. The smallest absolute Gasteiger partial charge is 0.369 e. The number of aliphatic hydroxyl groups is 1. The van der Waals surface area contributed by atoms with Gasteiger partial charge in [-0.25, -0.2) is 0 Å². The van der Waals surface area contributed by atoms with Crippen LogP contribution in [0.25, 0.3) is 0 Å². The normalized spacial score (nSPS) is 15.6. The number of alkyl halides is 9. The van der Waals surface area contributed by atoms with Crippen molar-refractivity contribution in [1.82, 2.24) is 0 Å². The first-order valence-electron chi connectivity index (χ1n) is 10.0. The van der Waals surface area contributed by atoms with Gasteiger partial charge in [-0.15, -0.1) is 0 Å². The summed E-state index contributed by atoms with van der Waals surface area (Å²) in [6, 6.07) is 5.85. The topological polar surface area (TPSA) is 40.5 Å². The minimum absolute atomic E-state index is 0.0164. The maximum atomic E-state index is 13.2. The van der Waals surface area contributed by atoms with Crippen molar-refractivity contribution in [3.05, 3.63) is 64.7 Å². The van der Waals surface area contributed by atoms with Crippen molar-refractivity contribution >= 4 is 11.6 Å². The van der Waals surface area contributed by atoms with E-state index >= 15 is 0 Å². The van der Waals surface area contributed by atoms with Gasteiger partial charge in [-0.1, -0.05) is 24.3 Å². The second-order valence-corrected chi connectivity index (χ2v) is 7.92. The molecule has 3 nitrogen and oxygen atoms in total. The summed E-state index contributed by atoms with van der Waals surface area (Å²) in [5.41, 5.74) is -7.05. The molecule has 12 heteroatoms. The van der Waals surface area contributed by atoms with Gasteiger partial charge in [0.05, 0.1) is 12.0 Å². The molecular weight excluding hydrogens is 481 g/mol. The fraction of sp³-hybridized carbons (Fsp3) is 0.409. The quantitative estimate of drug-likeness (QED) is 0.532.